The van der Waals surface area contributed by atoms with Crippen molar-refractivity contribution in [3.8, 4) is 0 Å². The summed E-state index contributed by atoms with van der Waals surface area (Å²) >= 11 is 0. The van der Waals surface area contributed by atoms with Crippen LogP contribution in [0, 0.1) is 0 Å². The van der Waals surface area contributed by atoms with Crippen LogP contribution in [-0.2, 0) is 4.74 Å². The van der Waals surface area contributed by atoms with Gasteiger partial charge in [-0.1, -0.05) is 45.9 Å². The number of nitrogens with one attached hydrogen (secondary N) is 2. The maximum absolute atomic E-state index is 12.0. The Labute approximate surface area is 155 Å². The van der Waals surface area contributed by atoms with Crippen molar-refractivity contribution in [3.63, 3.8) is 0 Å². The molecular formula is C20H28N4O2. The lowest BCUT2D eigenvalue weighted by Crippen LogP contribution is -2.27. The molecule has 0 atom stereocenters. The molecule has 26 heavy (non-hydrogen) atoms. The lowest BCUT2D eigenvalue weighted by atomic mass is 9.92. The number of nitrogens with zero attached hydrogens (tertiary/aromatic N) is 2. The lowest BCUT2D eigenvalue weighted by molar-refractivity contribution is 0.0932. The molecule has 0 radical (unpaired) electrons. The van der Waals surface area contributed by atoms with Crippen LogP contribution in [-0.4, -0.2) is 36.1 Å². The van der Waals surface area contributed by atoms with Gasteiger partial charge in [0.2, 0.25) is 0 Å². The molecule has 0 saturated carbocycles. The van der Waals surface area contributed by atoms with Crippen LogP contribution < -0.4 is 10.6 Å². The predicted octanol–water partition coefficient (Wildman–Crippen LogP) is 3.84. The van der Waals surface area contributed by atoms with Gasteiger partial charge in [-0.05, 0) is 23.0 Å². The summed E-state index contributed by atoms with van der Waals surface area (Å²) in [5, 5.41) is 6.13. The smallest absolute Gasteiger partial charge is 0.271 e. The van der Waals surface area contributed by atoms with Crippen LogP contribution in [0.25, 0.3) is 0 Å². The Hall–Kier alpha value is -2.47. The number of benzene rings is 1. The van der Waals surface area contributed by atoms with Crippen molar-refractivity contribution in [2.24, 2.45) is 0 Å². The van der Waals surface area contributed by atoms with E-state index in [1.165, 1.54) is 17.3 Å². The van der Waals surface area contributed by atoms with E-state index in [-0.39, 0.29) is 11.6 Å². The first-order valence-electron chi connectivity index (χ1n) is 8.93. The van der Waals surface area contributed by atoms with Crippen LogP contribution in [0.2, 0.25) is 0 Å². The Morgan fingerprint density at radius 1 is 1.08 bits per heavy atom. The second-order valence-electron chi connectivity index (χ2n) is 6.78. The zero-order valence-corrected chi connectivity index (χ0v) is 16.2. The summed E-state index contributed by atoms with van der Waals surface area (Å²) in [4.78, 5) is 20.6. The monoisotopic (exact) mass is 356 g/mol. The summed E-state index contributed by atoms with van der Waals surface area (Å²) in [6.45, 7) is 9.58. The SMILES string of the molecule is COCCNC(=O)c1cnc(Nc2c(C(C)C)cccc2C(C)C)cn1. The Morgan fingerprint density at radius 2 is 1.73 bits per heavy atom. The van der Waals surface area contributed by atoms with Gasteiger partial charge < -0.3 is 15.4 Å². The average molecular weight is 356 g/mol. The molecule has 0 saturated heterocycles. The number of carbonyl (C=O) groups excluding carboxylic acids is 1. The number of methoxy groups -OCH3 is 1. The molecule has 0 bridgehead atoms. The van der Waals surface area contributed by atoms with Crippen LogP contribution in [0.1, 0.15) is 61.1 Å². The van der Waals surface area contributed by atoms with Gasteiger partial charge in [0.1, 0.15) is 11.5 Å². The van der Waals surface area contributed by atoms with Gasteiger partial charge in [0.25, 0.3) is 5.91 Å². The zero-order chi connectivity index (χ0) is 19.1. The van der Waals surface area contributed by atoms with Crippen LogP contribution in [0.15, 0.2) is 30.6 Å². The number of para-hydroxylation sites is 1. The number of aromatic nitrogens is 2. The molecule has 1 amide bonds. The van der Waals surface area contributed by atoms with E-state index in [1.807, 2.05) is 0 Å². The first-order chi connectivity index (χ1) is 12.4. The molecule has 2 rings (SSSR count). The molecule has 2 N–H and O–H groups in total. The van der Waals surface area contributed by atoms with E-state index < -0.39 is 0 Å². The third-order valence-corrected chi connectivity index (χ3v) is 4.10. The molecule has 140 valence electrons. The molecule has 2 aromatic rings. The highest BCUT2D eigenvalue weighted by atomic mass is 16.5. The number of anilines is 2. The summed E-state index contributed by atoms with van der Waals surface area (Å²) in [6, 6.07) is 6.35. The second-order valence-corrected chi connectivity index (χ2v) is 6.78. The largest absolute Gasteiger partial charge is 0.383 e. The lowest BCUT2D eigenvalue weighted by Gasteiger charge is -2.20. The van der Waals surface area contributed by atoms with Gasteiger partial charge >= 0.3 is 0 Å². The molecule has 0 aliphatic rings. The zero-order valence-electron chi connectivity index (χ0n) is 16.2. The summed E-state index contributed by atoms with van der Waals surface area (Å²) in [7, 11) is 1.59. The minimum absolute atomic E-state index is 0.258. The van der Waals surface area contributed by atoms with E-state index in [4.69, 9.17) is 4.74 Å². The molecule has 6 heteroatoms. The van der Waals surface area contributed by atoms with Gasteiger partial charge in [0.15, 0.2) is 0 Å². The maximum atomic E-state index is 12.0. The maximum Gasteiger partial charge on any atom is 0.271 e. The number of carbonyl (C=O) groups is 1. The van der Waals surface area contributed by atoms with Crippen molar-refractivity contribution in [2.45, 2.75) is 39.5 Å². The van der Waals surface area contributed by atoms with Crippen LogP contribution in [0.5, 0.6) is 0 Å². The number of hydrogen-bond acceptors (Lipinski definition) is 5. The van der Waals surface area contributed by atoms with E-state index in [9.17, 15) is 4.79 Å². The molecule has 0 aliphatic carbocycles. The molecule has 0 spiro atoms. The Bertz CT molecular complexity index is 701. The third kappa shape index (κ3) is 5.02. The molecule has 6 nitrogen and oxygen atoms in total. The molecule has 1 heterocycles. The van der Waals surface area contributed by atoms with Crippen molar-refractivity contribution < 1.29 is 9.53 Å². The Kier molecular flexibility index (Phi) is 7.09. The van der Waals surface area contributed by atoms with Gasteiger partial charge in [-0.25, -0.2) is 9.97 Å². The normalized spacial score (nSPS) is 11.0. The van der Waals surface area contributed by atoms with Gasteiger partial charge in [-0.2, -0.15) is 0 Å². The van der Waals surface area contributed by atoms with Crippen molar-refractivity contribution in [2.75, 3.05) is 25.6 Å². The Balaban J connectivity index is 2.20. The predicted molar refractivity (Wildman–Crippen MR) is 104 cm³/mol. The molecule has 0 unspecified atom stereocenters. The highest BCUT2D eigenvalue weighted by molar-refractivity contribution is 5.92. The van der Waals surface area contributed by atoms with Crippen molar-refractivity contribution in [1.82, 2.24) is 15.3 Å². The van der Waals surface area contributed by atoms with E-state index >= 15 is 0 Å². The minimum atomic E-state index is -0.258. The molecular weight excluding hydrogens is 328 g/mol. The van der Waals surface area contributed by atoms with E-state index in [0.29, 0.717) is 30.8 Å². The first kappa shape index (κ1) is 19.8. The van der Waals surface area contributed by atoms with Crippen LogP contribution in [0.4, 0.5) is 11.5 Å². The van der Waals surface area contributed by atoms with E-state index in [2.05, 4.69) is 66.5 Å². The van der Waals surface area contributed by atoms with Gasteiger partial charge in [0, 0.05) is 19.3 Å². The standard InChI is InChI=1S/C20H28N4O2/c1-13(2)15-7-6-8-16(14(3)4)19(15)24-18-12-22-17(11-23-18)20(25)21-9-10-26-5/h6-8,11-14H,9-10H2,1-5H3,(H,21,25)(H,23,24). The number of rotatable bonds is 8. The third-order valence-electron chi connectivity index (χ3n) is 4.10. The fourth-order valence-corrected chi connectivity index (χ4v) is 2.69. The average Bonchev–Trinajstić information content (AvgIpc) is 2.62. The molecule has 1 aromatic carbocycles. The summed E-state index contributed by atoms with van der Waals surface area (Å²) in [5.74, 6) is 1.13. The second kappa shape index (κ2) is 9.29. The first-order valence-corrected chi connectivity index (χ1v) is 8.93. The van der Waals surface area contributed by atoms with Crippen molar-refractivity contribution >= 4 is 17.4 Å². The summed E-state index contributed by atoms with van der Waals surface area (Å²) < 4.78 is 4.91. The highest BCUT2D eigenvalue weighted by Gasteiger charge is 2.15. The summed E-state index contributed by atoms with van der Waals surface area (Å²) in [5.41, 5.74) is 3.83. The summed E-state index contributed by atoms with van der Waals surface area (Å²) in [6.07, 6.45) is 3.07. The van der Waals surface area contributed by atoms with Crippen molar-refractivity contribution in [3.05, 3.63) is 47.4 Å². The van der Waals surface area contributed by atoms with Crippen molar-refractivity contribution in [1.29, 1.82) is 0 Å². The number of amides is 1. The number of hydrogen-bond donors (Lipinski definition) is 2. The topological polar surface area (TPSA) is 76.1 Å². The van der Waals surface area contributed by atoms with Gasteiger partial charge in [-0.3, -0.25) is 4.79 Å². The molecule has 0 aliphatic heterocycles. The fourth-order valence-electron chi connectivity index (χ4n) is 2.69. The van der Waals surface area contributed by atoms with Crippen LogP contribution >= 0.6 is 0 Å². The van der Waals surface area contributed by atoms with Gasteiger partial charge in [-0.15, -0.1) is 0 Å². The molecule has 0 fully saturated rings. The fraction of sp³-hybridized carbons (Fsp3) is 0.450. The quantitative estimate of drug-likeness (QED) is 0.703. The highest BCUT2D eigenvalue weighted by Crippen LogP contribution is 2.33. The van der Waals surface area contributed by atoms with Gasteiger partial charge in [0.05, 0.1) is 19.0 Å². The Morgan fingerprint density at radius 3 is 2.23 bits per heavy atom. The molecule has 1 aromatic heterocycles. The number of ether oxygens (including phenoxy) is 1. The van der Waals surface area contributed by atoms with E-state index in [1.54, 1.807) is 13.3 Å². The minimum Gasteiger partial charge on any atom is -0.383 e. The van der Waals surface area contributed by atoms with Crippen LogP contribution in [0.3, 0.4) is 0 Å². The van der Waals surface area contributed by atoms with E-state index in [0.717, 1.165) is 5.69 Å².